The lowest BCUT2D eigenvalue weighted by molar-refractivity contribution is 0.176. The van der Waals surface area contributed by atoms with Crippen LogP contribution in [0.1, 0.15) is 33.1 Å². The molecule has 0 bridgehead atoms. The summed E-state index contributed by atoms with van der Waals surface area (Å²) in [6.45, 7) is 10.8. The Labute approximate surface area is 107 Å². The summed E-state index contributed by atoms with van der Waals surface area (Å²) in [7, 11) is 2.25. The number of hydrogen-bond donors (Lipinski definition) is 1. The summed E-state index contributed by atoms with van der Waals surface area (Å²) in [5, 5.41) is 3.69. The Morgan fingerprint density at radius 2 is 2.06 bits per heavy atom. The van der Waals surface area contributed by atoms with E-state index in [4.69, 9.17) is 0 Å². The third-order valence-corrected chi connectivity index (χ3v) is 4.27. The Hall–Kier alpha value is -0.120. The predicted octanol–water partition coefficient (Wildman–Crippen LogP) is 1.40. The molecular formula is C14H29N3. The van der Waals surface area contributed by atoms with Crippen LogP contribution in [0.15, 0.2) is 0 Å². The highest BCUT2D eigenvalue weighted by molar-refractivity contribution is 4.90. The first-order chi connectivity index (χ1) is 8.20. The molecule has 2 atom stereocenters. The Morgan fingerprint density at radius 3 is 2.71 bits per heavy atom. The number of nitrogens with zero attached hydrogens (tertiary/aromatic N) is 2. The van der Waals surface area contributed by atoms with Gasteiger partial charge in [-0.25, -0.2) is 0 Å². The van der Waals surface area contributed by atoms with Crippen LogP contribution in [0, 0.1) is 5.92 Å². The van der Waals surface area contributed by atoms with E-state index in [0.717, 1.165) is 18.5 Å². The predicted molar refractivity (Wildman–Crippen MR) is 73.3 cm³/mol. The second kappa shape index (κ2) is 6.17. The minimum absolute atomic E-state index is 0.711. The molecule has 0 aromatic rings. The van der Waals surface area contributed by atoms with Gasteiger partial charge in [0.2, 0.25) is 0 Å². The normalized spacial score (nSPS) is 30.2. The zero-order valence-corrected chi connectivity index (χ0v) is 11.8. The molecule has 1 aliphatic heterocycles. The van der Waals surface area contributed by atoms with Crippen LogP contribution in [0.4, 0.5) is 0 Å². The Bertz CT molecular complexity index is 228. The largest absolute Gasteiger partial charge is 0.313 e. The molecule has 3 nitrogen and oxygen atoms in total. The van der Waals surface area contributed by atoms with Crippen LogP contribution in [0.25, 0.3) is 0 Å². The van der Waals surface area contributed by atoms with Crippen molar-refractivity contribution in [1.82, 2.24) is 15.1 Å². The van der Waals surface area contributed by atoms with Gasteiger partial charge in [-0.2, -0.15) is 0 Å². The first-order valence-corrected chi connectivity index (χ1v) is 7.36. The van der Waals surface area contributed by atoms with Crippen LogP contribution in [0.2, 0.25) is 0 Å². The van der Waals surface area contributed by atoms with Gasteiger partial charge >= 0.3 is 0 Å². The molecular weight excluding hydrogens is 210 g/mol. The standard InChI is InChI=1S/C14H29N3/c1-4-15-14(13-6-7-13)11-17-9-5-8-16(3)10-12(17)2/h12-15H,4-11H2,1-3H3. The minimum Gasteiger partial charge on any atom is -0.313 e. The van der Waals surface area contributed by atoms with E-state index in [1.807, 2.05) is 0 Å². The zero-order chi connectivity index (χ0) is 12.3. The molecule has 3 heteroatoms. The van der Waals surface area contributed by atoms with E-state index in [2.05, 4.69) is 36.0 Å². The third-order valence-electron chi connectivity index (χ3n) is 4.27. The van der Waals surface area contributed by atoms with Crippen molar-refractivity contribution in [3.05, 3.63) is 0 Å². The van der Waals surface area contributed by atoms with Gasteiger partial charge in [0, 0.05) is 25.2 Å². The number of nitrogens with one attached hydrogen (secondary N) is 1. The molecule has 1 saturated heterocycles. The van der Waals surface area contributed by atoms with Crippen LogP contribution >= 0.6 is 0 Å². The van der Waals surface area contributed by atoms with Gasteiger partial charge in [0.05, 0.1) is 0 Å². The van der Waals surface area contributed by atoms with Gasteiger partial charge in [0.1, 0.15) is 0 Å². The molecule has 100 valence electrons. The second-order valence-electron chi connectivity index (χ2n) is 5.96. The van der Waals surface area contributed by atoms with Crippen molar-refractivity contribution in [3.63, 3.8) is 0 Å². The van der Waals surface area contributed by atoms with Crippen molar-refractivity contribution < 1.29 is 0 Å². The molecule has 1 aliphatic carbocycles. The fraction of sp³-hybridized carbons (Fsp3) is 1.00. The topological polar surface area (TPSA) is 18.5 Å². The lowest BCUT2D eigenvalue weighted by Crippen LogP contribution is -2.47. The first-order valence-electron chi connectivity index (χ1n) is 7.36. The fourth-order valence-corrected chi connectivity index (χ4v) is 3.09. The van der Waals surface area contributed by atoms with Gasteiger partial charge in [0.25, 0.3) is 0 Å². The monoisotopic (exact) mass is 239 g/mol. The highest BCUT2D eigenvalue weighted by atomic mass is 15.2. The van der Waals surface area contributed by atoms with Crippen molar-refractivity contribution >= 4 is 0 Å². The summed E-state index contributed by atoms with van der Waals surface area (Å²) in [5.41, 5.74) is 0. The maximum absolute atomic E-state index is 3.69. The molecule has 0 spiro atoms. The van der Waals surface area contributed by atoms with E-state index >= 15 is 0 Å². The van der Waals surface area contributed by atoms with Crippen LogP contribution in [-0.4, -0.2) is 61.7 Å². The summed E-state index contributed by atoms with van der Waals surface area (Å²) < 4.78 is 0. The maximum Gasteiger partial charge on any atom is 0.0223 e. The van der Waals surface area contributed by atoms with E-state index in [9.17, 15) is 0 Å². The van der Waals surface area contributed by atoms with Crippen LogP contribution < -0.4 is 5.32 Å². The zero-order valence-electron chi connectivity index (χ0n) is 11.8. The van der Waals surface area contributed by atoms with Crippen LogP contribution in [0.3, 0.4) is 0 Å². The van der Waals surface area contributed by atoms with Gasteiger partial charge < -0.3 is 10.2 Å². The molecule has 2 unspecified atom stereocenters. The molecule has 2 rings (SSSR count). The smallest absolute Gasteiger partial charge is 0.0223 e. The van der Waals surface area contributed by atoms with Gasteiger partial charge in [-0.3, -0.25) is 4.90 Å². The Morgan fingerprint density at radius 1 is 1.29 bits per heavy atom. The SMILES string of the molecule is CCNC(CN1CCCN(C)CC1C)C1CC1. The summed E-state index contributed by atoms with van der Waals surface area (Å²) in [6, 6.07) is 1.45. The number of rotatable bonds is 5. The van der Waals surface area contributed by atoms with Crippen LogP contribution in [-0.2, 0) is 0 Å². The fourth-order valence-electron chi connectivity index (χ4n) is 3.09. The Kier molecular flexibility index (Phi) is 4.83. The van der Waals surface area contributed by atoms with E-state index in [1.54, 1.807) is 0 Å². The molecule has 1 saturated carbocycles. The number of hydrogen-bond acceptors (Lipinski definition) is 3. The van der Waals surface area contributed by atoms with E-state index in [-0.39, 0.29) is 0 Å². The Balaban J connectivity index is 1.86. The molecule has 0 amide bonds. The average molecular weight is 239 g/mol. The van der Waals surface area contributed by atoms with Gasteiger partial charge in [-0.05, 0) is 58.8 Å². The van der Waals surface area contributed by atoms with Gasteiger partial charge in [-0.15, -0.1) is 0 Å². The van der Waals surface area contributed by atoms with Crippen molar-refractivity contribution in [2.45, 2.75) is 45.2 Å². The lowest BCUT2D eigenvalue weighted by atomic mass is 10.1. The molecule has 1 heterocycles. The summed E-state index contributed by atoms with van der Waals surface area (Å²) in [6.07, 6.45) is 4.21. The summed E-state index contributed by atoms with van der Waals surface area (Å²) in [4.78, 5) is 5.18. The molecule has 0 aromatic heterocycles. The lowest BCUT2D eigenvalue weighted by Gasteiger charge is -2.32. The van der Waals surface area contributed by atoms with Crippen molar-refractivity contribution in [3.8, 4) is 0 Å². The molecule has 2 aliphatic rings. The average Bonchev–Trinajstić information content (AvgIpc) is 3.09. The highest BCUT2D eigenvalue weighted by Gasteiger charge is 2.33. The number of likely N-dealkylation sites (N-methyl/N-ethyl adjacent to an activating group) is 2. The molecule has 2 fully saturated rings. The second-order valence-corrected chi connectivity index (χ2v) is 5.96. The van der Waals surface area contributed by atoms with E-state index < -0.39 is 0 Å². The first kappa shape index (κ1) is 13.3. The molecule has 0 aromatic carbocycles. The van der Waals surface area contributed by atoms with Gasteiger partial charge in [-0.1, -0.05) is 6.92 Å². The van der Waals surface area contributed by atoms with E-state index in [0.29, 0.717) is 6.04 Å². The highest BCUT2D eigenvalue weighted by Crippen LogP contribution is 2.33. The van der Waals surface area contributed by atoms with Crippen molar-refractivity contribution in [2.75, 3.05) is 39.8 Å². The summed E-state index contributed by atoms with van der Waals surface area (Å²) in [5.74, 6) is 0.961. The molecule has 1 N–H and O–H groups in total. The van der Waals surface area contributed by atoms with Crippen LogP contribution in [0.5, 0.6) is 0 Å². The summed E-state index contributed by atoms with van der Waals surface area (Å²) >= 11 is 0. The minimum atomic E-state index is 0.711. The van der Waals surface area contributed by atoms with Gasteiger partial charge in [0.15, 0.2) is 0 Å². The van der Waals surface area contributed by atoms with E-state index in [1.165, 1.54) is 45.4 Å². The molecule has 0 radical (unpaired) electrons. The quantitative estimate of drug-likeness (QED) is 0.782. The maximum atomic E-state index is 3.69. The van der Waals surface area contributed by atoms with Crippen molar-refractivity contribution in [1.29, 1.82) is 0 Å². The molecule has 17 heavy (non-hydrogen) atoms. The van der Waals surface area contributed by atoms with Crippen molar-refractivity contribution in [2.24, 2.45) is 5.92 Å². The third kappa shape index (κ3) is 3.94.